The highest BCUT2D eigenvalue weighted by atomic mass is 19.1. The standard InChI is InChI=1S/C19H20FNO3/c1-24-15-7-5-12(6-8-15)16-10-17(16)19(23)21-11-18(22)13-3-2-4-14(20)9-13/h2-9,16-18,22H,10-11H2,1H3,(H,21,23)/t16-,17-,18+/m0/s1. The number of carbonyl (C=O) groups is 1. The summed E-state index contributed by atoms with van der Waals surface area (Å²) in [5.41, 5.74) is 1.57. The molecule has 0 radical (unpaired) electrons. The maximum absolute atomic E-state index is 13.2. The van der Waals surface area contributed by atoms with Gasteiger partial charge < -0.3 is 15.2 Å². The number of ether oxygens (including phenoxy) is 1. The molecular formula is C19H20FNO3. The van der Waals surface area contributed by atoms with E-state index < -0.39 is 11.9 Å². The topological polar surface area (TPSA) is 58.6 Å². The fourth-order valence-corrected chi connectivity index (χ4v) is 2.86. The lowest BCUT2D eigenvalue weighted by atomic mass is 10.1. The lowest BCUT2D eigenvalue weighted by molar-refractivity contribution is -0.122. The molecule has 2 N–H and O–H groups in total. The molecule has 0 heterocycles. The maximum Gasteiger partial charge on any atom is 0.223 e. The van der Waals surface area contributed by atoms with E-state index in [-0.39, 0.29) is 24.3 Å². The number of carbonyl (C=O) groups excluding carboxylic acids is 1. The van der Waals surface area contributed by atoms with Gasteiger partial charge in [-0.2, -0.15) is 0 Å². The zero-order valence-electron chi connectivity index (χ0n) is 13.4. The maximum atomic E-state index is 13.2. The Morgan fingerprint density at radius 1 is 1.33 bits per heavy atom. The molecule has 3 rings (SSSR count). The minimum atomic E-state index is -0.914. The molecule has 0 spiro atoms. The summed E-state index contributed by atoms with van der Waals surface area (Å²) in [4.78, 5) is 12.2. The van der Waals surface area contributed by atoms with E-state index in [2.05, 4.69) is 5.32 Å². The smallest absolute Gasteiger partial charge is 0.223 e. The van der Waals surface area contributed by atoms with Crippen molar-refractivity contribution in [3.63, 3.8) is 0 Å². The van der Waals surface area contributed by atoms with E-state index in [0.29, 0.717) is 5.56 Å². The molecule has 1 aliphatic rings. The first-order valence-electron chi connectivity index (χ1n) is 7.93. The molecule has 4 nitrogen and oxygen atoms in total. The van der Waals surface area contributed by atoms with Gasteiger partial charge in [-0.1, -0.05) is 24.3 Å². The number of aliphatic hydroxyl groups excluding tert-OH is 1. The van der Waals surface area contributed by atoms with Gasteiger partial charge in [-0.15, -0.1) is 0 Å². The summed E-state index contributed by atoms with van der Waals surface area (Å²) in [6, 6.07) is 13.5. The Hall–Kier alpha value is -2.40. The molecule has 0 aliphatic heterocycles. The highest BCUT2D eigenvalue weighted by Gasteiger charge is 2.43. The minimum Gasteiger partial charge on any atom is -0.497 e. The number of methoxy groups -OCH3 is 1. The van der Waals surface area contributed by atoms with Gasteiger partial charge in [0.1, 0.15) is 11.6 Å². The van der Waals surface area contributed by atoms with Crippen LogP contribution in [0.15, 0.2) is 48.5 Å². The highest BCUT2D eigenvalue weighted by Crippen LogP contribution is 2.47. The van der Waals surface area contributed by atoms with E-state index >= 15 is 0 Å². The van der Waals surface area contributed by atoms with Crippen LogP contribution in [0.2, 0.25) is 0 Å². The van der Waals surface area contributed by atoms with Crippen LogP contribution in [0.4, 0.5) is 4.39 Å². The molecule has 0 unspecified atom stereocenters. The second kappa shape index (κ2) is 7.01. The second-order valence-electron chi connectivity index (χ2n) is 6.04. The molecule has 5 heteroatoms. The summed E-state index contributed by atoms with van der Waals surface area (Å²) in [6.07, 6.45) is -0.114. The summed E-state index contributed by atoms with van der Waals surface area (Å²) in [5.74, 6) is 0.449. The Morgan fingerprint density at radius 3 is 2.75 bits per heavy atom. The van der Waals surface area contributed by atoms with E-state index in [0.717, 1.165) is 17.7 Å². The van der Waals surface area contributed by atoms with Gasteiger partial charge in [0, 0.05) is 12.5 Å². The predicted molar refractivity (Wildman–Crippen MR) is 88.2 cm³/mol. The van der Waals surface area contributed by atoms with Crippen LogP contribution in [0.25, 0.3) is 0 Å². The van der Waals surface area contributed by atoms with Crippen molar-refractivity contribution in [1.29, 1.82) is 0 Å². The summed E-state index contributed by atoms with van der Waals surface area (Å²) in [7, 11) is 1.62. The third-order valence-corrected chi connectivity index (χ3v) is 4.37. The predicted octanol–water partition coefficient (Wildman–Crippen LogP) is 2.79. The van der Waals surface area contributed by atoms with Crippen LogP contribution in [0.1, 0.15) is 29.6 Å². The van der Waals surface area contributed by atoms with Crippen LogP contribution in [-0.2, 0) is 4.79 Å². The van der Waals surface area contributed by atoms with Crippen molar-refractivity contribution in [3.05, 3.63) is 65.5 Å². The quantitative estimate of drug-likeness (QED) is 0.857. The van der Waals surface area contributed by atoms with E-state index in [1.807, 2.05) is 24.3 Å². The van der Waals surface area contributed by atoms with E-state index in [1.165, 1.54) is 18.2 Å². The van der Waals surface area contributed by atoms with Gasteiger partial charge in [0.25, 0.3) is 0 Å². The molecule has 24 heavy (non-hydrogen) atoms. The Bertz CT molecular complexity index is 717. The van der Waals surface area contributed by atoms with Crippen molar-refractivity contribution in [2.24, 2.45) is 5.92 Å². The van der Waals surface area contributed by atoms with E-state index in [1.54, 1.807) is 13.2 Å². The molecule has 126 valence electrons. The second-order valence-corrected chi connectivity index (χ2v) is 6.04. The number of aliphatic hydroxyl groups is 1. The normalized spacial score (nSPS) is 20.3. The summed E-state index contributed by atoms with van der Waals surface area (Å²) < 4.78 is 18.3. The first-order valence-corrected chi connectivity index (χ1v) is 7.93. The number of rotatable bonds is 6. The zero-order valence-corrected chi connectivity index (χ0v) is 13.4. The van der Waals surface area contributed by atoms with E-state index in [9.17, 15) is 14.3 Å². The van der Waals surface area contributed by atoms with Gasteiger partial charge in [-0.05, 0) is 47.7 Å². The SMILES string of the molecule is COc1ccc([C@@H]2C[C@@H]2C(=O)NC[C@@H](O)c2cccc(F)c2)cc1. The number of nitrogens with one attached hydrogen (secondary N) is 1. The minimum absolute atomic E-state index is 0.0712. The highest BCUT2D eigenvalue weighted by molar-refractivity contribution is 5.82. The molecule has 3 atom stereocenters. The monoisotopic (exact) mass is 329 g/mol. The lowest BCUT2D eigenvalue weighted by Crippen LogP contribution is -2.30. The summed E-state index contributed by atoms with van der Waals surface area (Å²) >= 11 is 0. The Balaban J connectivity index is 1.51. The fraction of sp³-hybridized carbons (Fsp3) is 0.316. The van der Waals surface area contributed by atoms with Gasteiger partial charge in [-0.25, -0.2) is 4.39 Å². The Morgan fingerprint density at radius 2 is 2.08 bits per heavy atom. The van der Waals surface area contributed by atoms with Crippen LogP contribution >= 0.6 is 0 Å². The van der Waals surface area contributed by atoms with Crippen molar-refractivity contribution >= 4 is 5.91 Å². The van der Waals surface area contributed by atoms with Crippen molar-refractivity contribution < 1.29 is 19.0 Å². The molecule has 2 aromatic rings. The number of halogens is 1. The average molecular weight is 329 g/mol. The summed E-state index contributed by atoms with van der Waals surface area (Å²) in [6.45, 7) is 0.0775. The molecular weight excluding hydrogens is 309 g/mol. The molecule has 1 aliphatic carbocycles. The molecule has 1 saturated carbocycles. The van der Waals surface area contributed by atoms with Gasteiger partial charge >= 0.3 is 0 Å². The number of amides is 1. The van der Waals surface area contributed by atoms with Gasteiger partial charge in [-0.3, -0.25) is 4.79 Å². The van der Waals surface area contributed by atoms with Crippen molar-refractivity contribution in [2.45, 2.75) is 18.4 Å². The molecule has 1 amide bonds. The third kappa shape index (κ3) is 3.74. The Labute approximate surface area is 140 Å². The van der Waals surface area contributed by atoms with E-state index in [4.69, 9.17) is 4.74 Å². The zero-order chi connectivity index (χ0) is 17.1. The van der Waals surface area contributed by atoms with Gasteiger partial charge in [0.05, 0.1) is 13.2 Å². The summed E-state index contributed by atoms with van der Waals surface area (Å²) in [5, 5.41) is 12.8. The number of hydrogen-bond donors (Lipinski definition) is 2. The van der Waals surface area contributed by atoms with Crippen molar-refractivity contribution in [3.8, 4) is 5.75 Å². The average Bonchev–Trinajstić information content (AvgIpc) is 3.40. The number of hydrogen-bond acceptors (Lipinski definition) is 3. The fourth-order valence-electron chi connectivity index (χ4n) is 2.86. The first kappa shape index (κ1) is 16.5. The molecule has 0 aromatic heterocycles. The van der Waals surface area contributed by atoms with Gasteiger partial charge in [0.15, 0.2) is 0 Å². The molecule has 2 aromatic carbocycles. The largest absolute Gasteiger partial charge is 0.497 e. The third-order valence-electron chi connectivity index (χ3n) is 4.37. The van der Waals surface area contributed by atoms with Crippen LogP contribution in [0, 0.1) is 11.7 Å². The van der Waals surface area contributed by atoms with Crippen molar-refractivity contribution in [1.82, 2.24) is 5.32 Å². The van der Waals surface area contributed by atoms with Crippen molar-refractivity contribution in [2.75, 3.05) is 13.7 Å². The van der Waals surface area contributed by atoms with Crippen LogP contribution < -0.4 is 10.1 Å². The van der Waals surface area contributed by atoms with Crippen LogP contribution in [-0.4, -0.2) is 24.7 Å². The lowest BCUT2D eigenvalue weighted by Gasteiger charge is -2.12. The molecule has 0 saturated heterocycles. The van der Waals surface area contributed by atoms with Crippen LogP contribution in [0.5, 0.6) is 5.75 Å². The number of benzene rings is 2. The van der Waals surface area contributed by atoms with Crippen LogP contribution in [0.3, 0.4) is 0 Å². The first-order chi connectivity index (χ1) is 11.6. The van der Waals surface area contributed by atoms with Gasteiger partial charge in [0.2, 0.25) is 5.91 Å². The Kier molecular flexibility index (Phi) is 4.81. The molecule has 1 fully saturated rings. The molecule has 0 bridgehead atoms.